The van der Waals surface area contributed by atoms with Crippen molar-refractivity contribution in [2.24, 2.45) is 5.73 Å². The lowest BCUT2D eigenvalue weighted by molar-refractivity contribution is -0.118. The van der Waals surface area contributed by atoms with Gasteiger partial charge >= 0.3 is 0 Å². The lowest BCUT2D eigenvalue weighted by Crippen LogP contribution is -2.28. The predicted molar refractivity (Wildman–Crippen MR) is 93.7 cm³/mol. The second-order valence-electron chi connectivity index (χ2n) is 4.91. The number of carbonyl (C=O) groups excluding carboxylic acids is 1. The number of carbonyl (C=O) groups is 1. The molecule has 1 aromatic carbocycles. The van der Waals surface area contributed by atoms with E-state index in [2.05, 4.69) is 12.2 Å². The molecule has 6 nitrogen and oxygen atoms in total. The third-order valence-electron chi connectivity index (χ3n) is 3.23. The summed E-state index contributed by atoms with van der Waals surface area (Å²) in [7, 11) is 3.11. The second-order valence-corrected chi connectivity index (χ2v) is 4.91. The molecule has 132 valence electrons. The highest BCUT2D eigenvalue weighted by Gasteiger charge is 2.14. The van der Waals surface area contributed by atoms with Gasteiger partial charge in [-0.25, -0.2) is 0 Å². The fraction of sp³-hybridized carbons (Fsp3) is 0.562. The van der Waals surface area contributed by atoms with Gasteiger partial charge in [0.25, 0.3) is 0 Å². The van der Waals surface area contributed by atoms with Gasteiger partial charge in [0.05, 0.1) is 31.9 Å². The first-order chi connectivity index (χ1) is 10.6. The quantitative estimate of drug-likeness (QED) is 0.636. The minimum Gasteiger partial charge on any atom is -0.497 e. The van der Waals surface area contributed by atoms with E-state index in [9.17, 15) is 4.79 Å². The summed E-state index contributed by atoms with van der Waals surface area (Å²) in [6.07, 6.45) is 1.90. The van der Waals surface area contributed by atoms with Crippen LogP contribution in [0.4, 0.5) is 5.69 Å². The van der Waals surface area contributed by atoms with Crippen LogP contribution in [-0.2, 0) is 9.53 Å². The zero-order chi connectivity index (χ0) is 16.4. The average Bonchev–Trinajstić information content (AvgIpc) is 2.54. The molecular weight excluding hydrogens is 320 g/mol. The second kappa shape index (κ2) is 12.0. The Morgan fingerprint density at radius 1 is 1.35 bits per heavy atom. The third-order valence-corrected chi connectivity index (χ3v) is 3.23. The van der Waals surface area contributed by atoms with Crippen LogP contribution in [0.5, 0.6) is 11.5 Å². The molecular formula is C16H27ClN2O4. The molecule has 0 radical (unpaired) electrons. The molecule has 1 atom stereocenters. The number of hydrogen-bond donors (Lipinski definition) is 2. The Bertz CT molecular complexity index is 467. The fourth-order valence-electron chi connectivity index (χ4n) is 1.86. The van der Waals surface area contributed by atoms with Gasteiger partial charge in [0.1, 0.15) is 11.5 Å². The van der Waals surface area contributed by atoms with E-state index in [0.717, 1.165) is 12.8 Å². The number of benzene rings is 1. The van der Waals surface area contributed by atoms with Gasteiger partial charge in [0.2, 0.25) is 5.91 Å². The highest BCUT2D eigenvalue weighted by Crippen LogP contribution is 2.29. The third kappa shape index (κ3) is 7.54. The summed E-state index contributed by atoms with van der Waals surface area (Å²) in [5.41, 5.74) is 6.12. The Kier molecular flexibility index (Phi) is 11.2. The number of unbranched alkanes of at least 4 members (excludes halogenated alkanes) is 1. The number of methoxy groups -OCH3 is 2. The van der Waals surface area contributed by atoms with E-state index in [4.69, 9.17) is 19.9 Å². The summed E-state index contributed by atoms with van der Waals surface area (Å²) in [6, 6.07) is 5.33. The van der Waals surface area contributed by atoms with Crippen LogP contribution in [-0.4, -0.2) is 39.4 Å². The SMILES string of the molecule is CCCCOc1ccc(OC)cc1NC(=O)CC(CN)OC.Cl. The van der Waals surface area contributed by atoms with Gasteiger partial charge in [-0.2, -0.15) is 0 Å². The molecule has 0 aliphatic heterocycles. The average molecular weight is 347 g/mol. The zero-order valence-corrected chi connectivity index (χ0v) is 14.8. The van der Waals surface area contributed by atoms with Crippen LogP contribution in [0, 0.1) is 0 Å². The summed E-state index contributed by atoms with van der Waals surface area (Å²) >= 11 is 0. The Morgan fingerprint density at radius 3 is 2.65 bits per heavy atom. The van der Waals surface area contributed by atoms with E-state index in [-0.39, 0.29) is 30.8 Å². The highest BCUT2D eigenvalue weighted by atomic mass is 35.5. The number of ether oxygens (including phenoxy) is 3. The van der Waals surface area contributed by atoms with Crippen LogP contribution in [0.1, 0.15) is 26.2 Å². The fourth-order valence-corrected chi connectivity index (χ4v) is 1.86. The maximum Gasteiger partial charge on any atom is 0.227 e. The molecule has 0 fully saturated rings. The van der Waals surface area contributed by atoms with E-state index in [1.165, 1.54) is 7.11 Å². The molecule has 0 saturated heterocycles. The normalized spacial score (nSPS) is 11.3. The number of halogens is 1. The summed E-state index contributed by atoms with van der Waals surface area (Å²) < 4.78 is 16.0. The number of nitrogens with two attached hydrogens (primary N) is 1. The number of amides is 1. The van der Waals surface area contributed by atoms with Gasteiger partial charge < -0.3 is 25.3 Å². The standard InChI is InChI=1S/C16H26N2O4.ClH/c1-4-5-8-22-15-7-6-12(20-2)9-14(15)18-16(19)10-13(11-17)21-3;/h6-7,9,13H,4-5,8,10-11,17H2,1-3H3,(H,18,19);1H. The van der Waals surface area contributed by atoms with Gasteiger partial charge in [-0.15, -0.1) is 12.4 Å². The summed E-state index contributed by atoms with van der Waals surface area (Å²) in [5.74, 6) is 1.11. The van der Waals surface area contributed by atoms with E-state index in [1.54, 1.807) is 25.3 Å². The minimum atomic E-state index is -0.296. The minimum absolute atomic E-state index is 0. The van der Waals surface area contributed by atoms with Gasteiger partial charge in [-0.3, -0.25) is 4.79 Å². The van der Waals surface area contributed by atoms with Gasteiger partial charge in [0.15, 0.2) is 0 Å². The lowest BCUT2D eigenvalue weighted by Gasteiger charge is -2.16. The number of rotatable bonds is 10. The van der Waals surface area contributed by atoms with Crippen molar-refractivity contribution in [3.05, 3.63) is 18.2 Å². The number of nitrogens with one attached hydrogen (secondary N) is 1. The molecule has 3 N–H and O–H groups in total. The van der Waals surface area contributed by atoms with Crippen LogP contribution < -0.4 is 20.5 Å². The Hall–Kier alpha value is -1.50. The Morgan fingerprint density at radius 2 is 2.09 bits per heavy atom. The molecule has 1 aromatic rings. The maximum absolute atomic E-state index is 12.1. The molecule has 7 heteroatoms. The molecule has 23 heavy (non-hydrogen) atoms. The topological polar surface area (TPSA) is 82.8 Å². The zero-order valence-electron chi connectivity index (χ0n) is 14.0. The van der Waals surface area contributed by atoms with E-state index in [0.29, 0.717) is 30.3 Å². The van der Waals surface area contributed by atoms with Crippen LogP contribution in [0.2, 0.25) is 0 Å². The Labute approximate surface area is 144 Å². The van der Waals surface area contributed by atoms with Crippen molar-refractivity contribution in [3.8, 4) is 11.5 Å². The summed E-state index contributed by atoms with van der Waals surface area (Å²) in [4.78, 5) is 12.1. The highest BCUT2D eigenvalue weighted by molar-refractivity contribution is 5.92. The van der Waals surface area contributed by atoms with Crippen molar-refractivity contribution in [1.29, 1.82) is 0 Å². The van der Waals surface area contributed by atoms with Crippen molar-refractivity contribution < 1.29 is 19.0 Å². The van der Waals surface area contributed by atoms with Crippen LogP contribution in [0.15, 0.2) is 18.2 Å². The van der Waals surface area contributed by atoms with Crippen molar-refractivity contribution in [2.45, 2.75) is 32.3 Å². The van der Waals surface area contributed by atoms with Crippen LogP contribution in [0.3, 0.4) is 0 Å². The van der Waals surface area contributed by atoms with Crippen LogP contribution >= 0.6 is 12.4 Å². The molecule has 0 aromatic heterocycles. The molecule has 0 spiro atoms. The van der Waals surface area contributed by atoms with E-state index >= 15 is 0 Å². The monoisotopic (exact) mass is 346 g/mol. The predicted octanol–water partition coefficient (Wildman–Crippen LogP) is 2.60. The molecule has 0 aliphatic rings. The lowest BCUT2D eigenvalue weighted by atomic mass is 10.2. The first-order valence-electron chi connectivity index (χ1n) is 7.48. The number of anilines is 1. The van der Waals surface area contributed by atoms with Gasteiger partial charge in [0, 0.05) is 19.7 Å². The summed E-state index contributed by atoms with van der Waals surface area (Å²) in [5, 5.41) is 2.83. The maximum atomic E-state index is 12.1. The van der Waals surface area contributed by atoms with Gasteiger partial charge in [-0.05, 0) is 18.6 Å². The first-order valence-corrected chi connectivity index (χ1v) is 7.48. The van der Waals surface area contributed by atoms with E-state index in [1.807, 2.05) is 0 Å². The molecule has 0 bridgehead atoms. The van der Waals surface area contributed by atoms with Crippen molar-refractivity contribution >= 4 is 24.0 Å². The summed E-state index contributed by atoms with van der Waals surface area (Å²) in [6.45, 7) is 2.99. The van der Waals surface area contributed by atoms with Crippen molar-refractivity contribution in [3.63, 3.8) is 0 Å². The molecule has 0 aliphatic carbocycles. The van der Waals surface area contributed by atoms with Crippen LogP contribution in [0.25, 0.3) is 0 Å². The van der Waals surface area contributed by atoms with Crippen molar-refractivity contribution in [2.75, 3.05) is 32.7 Å². The molecule has 1 unspecified atom stereocenters. The molecule has 0 heterocycles. The largest absolute Gasteiger partial charge is 0.497 e. The smallest absolute Gasteiger partial charge is 0.227 e. The van der Waals surface area contributed by atoms with Crippen molar-refractivity contribution in [1.82, 2.24) is 0 Å². The van der Waals surface area contributed by atoms with Gasteiger partial charge in [-0.1, -0.05) is 13.3 Å². The van der Waals surface area contributed by atoms with E-state index < -0.39 is 0 Å². The number of hydrogen-bond acceptors (Lipinski definition) is 5. The molecule has 1 amide bonds. The Balaban J connectivity index is 0.00000484. The molecule has 1 rings (SSSR count). The first kappa shape index (κ1) is 21.5. The molecule has 0 saturated carbocycles.